The fourth-order valence-electron chi connectivity index (χ4n) is 2.33. The van der Waals surface area contributed by atoms with Crippen molar-refractivity contribution in [2.45, 2.75) is 50.9 Å². The van der Waals surface area contributed by atoms with Gasteiger partial charge in [0.05, 0.1) is 25.4 Å². The fraction of sp³-hybridized carbons (Fsp3) is 1.00. The Morgan fingerprint density at radius 2 is 2.05 bits per heavy atom. The zero-order chi connectivity index (χ0) is 14.1. The van der Waals surface area contributed by atoms with Gasteiger partial charge in [0.15, 0.2) is 0 Å². The predicted molar refractivity (Wildman–Crippen MR) is 74.2 cm³/mol. The minimum Gasteiger partial charge on any atom is -0.396 e. The minimum absolute atomic E-state index is 0.00856. The molecule has 0 radical (unpaired) electrons. The molecular weight excluding hydrogens is 246 g/mol. The summed E-state index contributed by atoms with van der Waals surface area (Å²) in [4.78, 5) is 2.29. The maximum atomic E-state index is 10.0. The number of aliphatic hydroxyl groups is 2. The van der Waals surface area contributed by atoms with Crippen LogP contribution in [0.15, 0.2) is 0 Å². The van der Waals surface area contributed by atoms with Crippen molar-refractivity contribution in [3.05, 3.63) is 0 Å². The van der Waals surface area contributed by atoms with Crippen LogP contribution in [0.5, 0.6) is 0 Å². The van der Waals surface area contributed by atoms with E-state index >= 15 is 0 Å². The second-order valence-corrected chi connectivity index (χ2v) is 5.41. The van der Waals surface area contributed by atoms with E-state index in [0.29, 0.717) is 25.8 Å². The van der Waals surface area contributed by atoms with Crippen molar-refractivity contribution in [1.82, 2.24) is 4.90 Å². The quantitative estimate of drug-likeness (QED) is 0.579. The van der Waals surface area contributed by atoms with E-state index < -0.39 is 6.10 Å². The van der Waals surface area contributed by atoms with Gasteiger partial charge < -0.3 is 19.7 Å². The van der Waals surface area contributed by atoms with Crippen LogP contribution < -0.4 is 0 Å². The number of hydrogen-bond acceptors (Lipinski definition) is 5. The number of ether oxygens (including phenoxy) is 2. The Kier molecular flexibility index (Phi) is 8.57. The molecule has 0 spiro atoms. The second-order valence-electron chi connectivity index (χ2n) is 5.41. The summed E-state index contributed by atoms with van der Waals surface area (Å²) in [6, 6.07) is 0.581. The molecule has 114 valence electrons. The summed E-state index contributed by atoms with van der Waals surface area (Å²) in [5.74, 6) is 0. The van der Waals surface area contributed by atoms with Crippen molar-refractivity contribution in [2.75, 3.05) is 40.0 Å². The Bertz CT molecular complexity index is 223. The van der Waals surface area contributed by atoms with E-state index in [1.54, 1.807) is 7.11 Å². The molecule has 1 saturated carbocycles. The summed E-state index contributed by atoms with van der Waals surface area (Å²) in [5, 5.41) is 19.0. The third-order valence-corrected chi connectivity index (χ3v) is 3.61. The minimum atomic E-state index is -0.474. The van der Waals surface area contributed by atoms with Gasteiger partial charge in [0.2, 0.25) is 0 Å². The summed E-state index contributed by atoms with van der Waals surface area (Å²) in [6.07, 6.45) is 3.99. The van der Waals surface area contributed by atoms with E-state index in [9.17, 15) is 5.11 Å². The first-order valence-electron chi connectivity index (χ1n) is 7.30. The van der Waals surface area contributed by atoms with Gasteiger partial charge in [-0.25, -0.2) is 0 Å². The third kappa shape index (κ3) is 6.68. The Labute approximate surface area is 116 Å². The molecule has 0 bridgehead atoms. The van der Waals surface area contributed by atoms with Crippen LogP contribution >= 0.6 is 0 Å². The van der Waals surface area contributed by atoms with Crippen molar-refractivity contribution < 1.29 is 19.7 Å². The van der Waals surface area contributed by atoms with Crippen molar-refractivity contribution in [1.29, 1.82) is 0 Å². The van der Waals surface area contributed by atoms with Crippen LogP contribution in [-0.2, 0) is 9.47 Å². The molecule has 1 aliphatic carbocycles. The molecule has 0 amide bonds. The molecule has 19 heavy (non-hydrogen) atoms. The lowest BCUT2D eigenvalue weighted by molar-refractivity contribution is -0.0465. The van der Waals surface area contributed by atoms with E-state index in [2.05, 4.69) is 4.90 Å². The van der Waals surface area contributed by atoms with Crippen LogP contribution in [0.2, 0.25) is 0 Å². The number of nitrogens with zero attached hydrogens (tertiary/aromatic N) is 1. The molecule has 2 atom stereocenters. The monoisotopic (exact) mass is 275 g/mol. The molecule has 0 aromatic heterocycles. The first-order chi connectivity index (χ1) is 9.17. The molecule has 1 rings (SSSR count). The van der Waals surface area contributed by atoms with Gasteiger partial charge in [-0.2, -0.15) is 0 Å². The van der Waals surface area contributed by atoms with Crippen molar-refractivity contribution in [3.8, 4) is 0 Å². The average molecular weight is 275 g/mol. The Hall–Kier alpha value is -0.200. The van der Waals surface area contributed by atoms with E-state index in [1.807, 2.05) is 6.92 Å². The van der Waals surface area contributed by atoms with E-state index in [0.717, 1.165) is 13.0 Å². The van der Waals surface area contributed by atoms with Gasteiger partial charge in [-0.1, -0.05) is 6.42 Å². The summed E-state index contributed by atoms with van der Waals surface area (Å²) < 4.78 is 10.5. The van der Waals surface area contributed by atoms with Crippen LogP contribution in [0.1, 0.15) is 32.6 Å². The normalized spacial score (nSPS) is 19.4. The Morgan fingerprint density at radius 3 is 2.58 bits per heavy atom. The van der Waals surface area contributed by atoms with Gasteiger partial charge in [-0.15, -0.1) is 0 Å². The summed E-state index contributed by atoms with van der Waals surface area (Å²) in [6.45, 7) is 4.51. The first-order valence-corrected chi connectivity index (χ1v) is 7.30. The molecule has 2 unspecified atom stereocenters. The highest BCUT2D eigenvalue weighted by atomic mass is 16.5. The topological polar surface area (TPSA) is 62.2 Å². The maximum absolute atomic E-state index is 10.0. The van der Waals surface area contributed by atoms with Crippen LogP contribution in [0.3, 0.4) is 0 Å². The van der Waals surface area contributed by atoms with Gasteiger partial charge >= 0.3 is 0 Å². The highest BCUT2D eigenvalue weighted by molar-refractivity contribution is 4.81. The average Bonchev–Trinajstić information content (AvgIpc) is 2.31. The van der Waals surface area contributed by atoms with Gasteiger partial charge in [-0.05, 0) is 26.2 Å². The molecule has 1 fully saturated rings. The summed E-state index contributed by atoms with van der Waals surface area (Å²) in [7, 11) is 1.64. The van der Waals surface area contributed by atoms with Crippen LogP contribution in [0.25, 0.3) is 0 Å². The lowest BCUT2D eigenvalue weighted by Crippen LogP contribution is -2.46. The Balaban J connectivity index is 2.23. The highest BCUT2D eigenvalue weighted by Gasteiger charge is 2.26. The number of aliphatic hydroxyl groups excluding tert-OH is 2. The van der Waals surface area contributed by atoms with Crippen LogP contribution in [-0.4, -0.2) is 73.4 Å². The number of rotatable bonds is 11. The standard InChI is InChI=1S/C14H29NO4/c1-12(10-18-2)19-11-14(17)9-15(7-4-8-16)13-5-3-6-13/h12-14,16-17H,3-11H2,1-2H3. The van der Waals surface area contributed by atoms with Crippen LogP contribution in [0.4, 0.5) is 0 Å². The van der Waals surface area contributed by atoms with Gasteiger partial charge in [0.1, 0.15) is 0 Å². The molecule has 0 heterocycles. The van der Waals surface area contributed by atoms with E-state index in [-0.39, 0.29) is 12.7 Å². The largest absolute Gasteiger partial charge is 0.396 e. The highest BCUT2D eigenvalue weighted by Crippen LogP contribution is 2.25. The van der Waals surface area contributed by atoms with Gasteiger partial charge in [-0.3, -0.25) is 4.90 Å². The van der Waals surface area contributed by atoms with E-state index in [4.69, 9.17) is 14.6 Å². The predicted octanol–water partition coefficient (Wildman–Crippen LogP) is 0.636. The Morgan fingerprint density at radius 1 is 1.32 bits per heavy atom. The summed E-state index contributed by atoms with van der Waals surface area (Å²) >= 11 is 0. The fourth-order valence-corrected chi connectivity index (χ4v) is 2.33. The molecule has 1 aliphatic rings. The molecule has 5 nitrogen and oxygen atoms in total. The smallest absolute Gasteiger partial charge is 0.0900 e. The zero-order valence-corrected chi connectivity index (χ0v) is 12.3. The van der Waals surface area contributed by atoms with Crippen molar-refractivity contribution in [3.63, 3.8) is 0 Å². The third-order valence-electron chi connectivity index (χ3n) is 3.61. The molecule has 0 aliphatic heterocycles. The molecule has 5 heteroatoms. The molecular formula is C14H29NO4. The molecule has 0 aromatic carbocycles. The van der Waals surface area contributed by atoms with Crippen molar-refractivity contribution >= 4 is 0 Å². The lowest BCUT2D eigenvalue weighted by atomic mass is 9.91. The maximum Gasteiger partial charge on any atom is 0.0900 e. The SMILES string of the molecule is COCC(C)OCC(O)CN(CCCO)C1CCC1. The van der Waals surface area contributed by atoms with Gasteiger partial charge in [0.25, 0.3) is 0 Å². The first kappa shape index (κ1) is 16.9. The zero-order valence-electron chi connectivity index (χ0n) is 12.3. The summed E-state index contributed by atoms with van der Waals surface area (Å²) in [5.41, 5.74) is 0. The van der Waals surface area contributed by atoms with Crippen LogP contribution in [0, 0.1) is 0 Å². The second kappa shape index (κ2) is 9.66. The lowest BCUT2D eigenvalue weighted by Gasteiger charge is -2.38. The van der Waals surface area contributed by atoms with Crippen molar-refractivity contribution in [2.24, 2.45) is 0 Å². The van der Waals surface area contributed by atoms with Gasteiger partial charge in [0, 0.05) is 32.8 Å². The molecule has 0 aromatic rings. The number of hydrogen-bond donors (Lipinski definition) is 2. The van der Waals surface area contributed by atoms with E-state index in [1.165, 1.54) is 19.3 Å². The molecule has 0 saturated heterocycles. The molecule has 2 N–H and O–H groups in total. The number of methoxy groups -OCH3 is 1.